The number of phenols is 2. The summed E-state index contributed by atoms with van der Waals surface area (Å²) in [4.78, 5) is 9.25. The minimum Gasteiger partial charge on any atom is -0.508 e. The van der Waals surface area contributed by atoms with Crippen LogP contribution in [0.4, 0.5) is 0 Å². The molecule has 0 aliphatic heterocycles. The van der Waals surface area contributed by atoms with E-state index in [1.54, 1.807) is 0 Å². The number of carboxylic acid groups (broad SMARTS) is 1. The van der Waals surface area contributed by atoms with Crippen LogP contribution in [0.25, 0.3) is 0 Å². The number of phenolic OH excluding ortho intramolecular Hbond substituents is 2. The van der Waals surface area contributed by atoms with Gasteiger partial charge in [0.25, 0.3) is 0 Å². The van der Waals surface area contributed by atoms with Crippen LogP contribution < -0.4 is 0 Å². The van der Waals surface area contributed by atoms with E-state index in [0.717, 1.165) is 6.08 Å². The van der Waals surface area contributed by atoms with Gasteiger partial charge in [0, 0.05) is 6.08 Å². The van der Waals surface area contributed by atoms with Gasteiger partial charge in [0.2, 0.25) is 0 Å². The Morgan fingerprint density at radius 1 is 1.15 bits per heavy atom. The zero-order valence-electron chi connectivity index (χ0n) is 6.84. The Bertz CT molecular complexity index is 255. The van der Waals surface area contributed by atoms with Crippen LogP contribution in [0.2, 0.25) is 0 Å². The lowest BCUT2D eigenvalue weighted by Crippen LogP contribution is -1.82. The number of rotatable bonds is 1. The molecule has 1 aromatic rings. The molecule has 1 rings (SSSR count). The first-order valence-corrected chi connectivity index (χ1v) is 3.39. The first-order valence-electron chi connectivity index (χ1n) is 3.39. The third-order valence-corrected chi connectivity index (χ3v) is 1.02. The largest absolute Gasteiger partial charge is 0.508 e. The molecule has 0 aromatic heterocycles. The van der Waals surface area contributed by atoms with Crippen LogP contribution in [-0.4, -0.2) is 21.3 Å². The molecule has 0 saturated carbocycles. The maximum absolute atomic E-state index is 9.25. The molecule has 0 unspecified atom stereocenters. The van der Waals surface area contributed by atoms with Gasteiger partial charge in [-0.15, -0.1) is 0 Å². The van der Waals surface area contributed by atoms with E-state index in [0.29, 0.717) is 0 Å². The molecule has 13 heavy (non-hydrogen) atoms. The van der Waals surface area contributed by atoms with Crippen molar-refractivity contribution in [3.05, 3.63) is 36.9 Å². The van der Waals surface area contributed by atoms with Crippen LogP contribution in [0.5, 0.6) is 11.5 Å². The van der Waals surface area contributed by atoms with Gasteiger partial charge < -0.3 is 15.3 Å². The summed E-state index contributed by atoms with van der Waals surface area (Å²) in [6, 6.07) is 5.70. The molecule has 0 radical (unpaired) electrons. The lowest BCUT2D eigenvalue weighted by Gasteiger charge is -1.88. The topological polar surface area (TPSA) is 77.8 Å². The fourth-order valence-electron chi connectivity index (χ4n) is 0.453. The number of carboxylic acids is 1. The summed E-state index contributed by atoms with van der Waals surface area (Å²) in [5.74, 6) is -0.643. The summed E-state index contributed by atoms with van der Waals surface area (Å²) >= 11 is 0. The van der Waals surface area contributed by atoms with Crippen molar-refractivity contribution in [2.75, 3.05) is 0 Å². The van der Waals surface area contributed by atoms with Gasteiger partial charge in [0.05, 0.1) is 0 Å². The molecule has 0 aliphatic carbocycles. The maximum Gasteiger partial charge on any atom is 0.327 e. The van der Waals surface area contributed by atoms with Crippen molar-refractivity contribution in [3.8, 4) is 11.5 Å². The minimum absolute atomic E-state index is 0.169. The summed E-state index contributed by atoms with van der Waals surface area (Å²) < 4.78 is 0. The first-order chi connectivity index (χ1) is 6.06. The molecule has 0 bridgehead atoms. The monoisotopic (exact) mass is 182 g/mol. The Kier molecular flexibility index (Phi) is 4.79. The summed E-state index contributed by atoms with van der Waals surface area (Å²) in [7, 11) is 0. The average molecular weight is 182 g/mol. The Balaban J connectivity index is 0.000000252. The smallest absolute Gasteiger partial charge is 0.327 e. The number of aliphatic carboxylic acids is 1. The molecule has 4 nitrogen and oxygen atoms in total. The molecule has 0 saturated heterocycles. The van der Waals surface area contributed by atoms with E-state index in [2.05, 4.69) is 6.58 Å². The Morgan fingerprint density at radius 3 is 1.54 bits per heavy atom. The van der Waals surface area contributed by atoms with Gasteiger partial charge in [-0.2, -0.15) is 0 Å². The van der Waals surface area contributed by atoms with Crippen LogP contribution in [0.3, 0.4) is 0 Å². The summed E-state index contributed by atoms with van der Waals surface area (Å²) in [6.07, 6.45) is 0.833. The third kappa shape index (κ3) is 6.43. The molecule has 0 spiro atoms. The van der Waals surface area contributed by atoms with Crippen molar-refractivity contribution in [2.24, 2.45) is 0 Å². The SMILES string of the molecule is C=CC(=O)O.Oc1ccc(O)cc1. The highest BCUT2D eigenvalue weighted by Gasteiger charge is 1.84. The zero-order chi connectivity index (χ0) is 10.3. The fourth-order valence-corrected chi connectivity index (χ4v) is 0.453. The van der Waals surface area contributed by atoms with Gasteiger partial charge >= 0.3 is 5.97 Å². The number of hydrogen-bond acceptors (Lipinski definition) is 3. The normalized spacial score (nSPS) is 8.00. The van der Waals surface area contributed by atoms with E-state index >= 15 is 0 Å². The second-order valence-electron chi connectivity index (χ2n) is 2.06. The number of carbonyl (C=O) groups is 1. The van der Waals surface area contributed by atoms with E-state index < -0.39 is 5.97 Å². The standard InChI is InChI=1S/C6H6O2.C3H4O2/c7-5-1-2-6(8)4-3-5;1-2-3(4)5/h1-4,7-8H;2H,1H2,(H,4,5). The van der Waals surface area contributed by atoms with Crippen LogP contribution >= 0.6 is 0 Å². The van der Waals surface area contributed by atoms with Gasteiger partial charge in [-0.05, 0) is 24.3 Å². The molecule has 70 valence electrons. The van der Waals surface area contributed by atoms with Gasteiger partial charge in [-0.1, -0.05) is 6.58 Å². The van der Waals surface area contributed by atoms with Gasteiger partial charge in [-0.3, -0.25) is 0 Å². The molecule has 0 atom stereocenters. The van der Waals surface area contributed by atoms with E-state index in [1.165, 1.54) is 24.3 Å². The quantitative estimate of drug-likeness (QED) is 0.452. The zero-order valence-corrected chi connectivity index (χ0v) is 6.84. The maximum atomic E-state index is 9.25. The van der Waals surface area contributed by atoms with Crippen LogP contribution in [0.1, 0.15) is 0 Å². The van der Waals surface area contributed by atoms with Crippen molar-refractivity contribution in [1.29, 1.82) is 0 Å². The Hall–Kier alpha value is -1.97. The summed E-state index contributed by atoms with van der Waals surface area (Å²) in [5.41, 5.74) is 0. The highest BCUT2D eigenvalue weighted by molar-refractivity contribution is 5.78. The molecule has 0 amide bonds. The van der Waals surface area contributed by atoms with Gasteiger partial charge in [-0.25, -0.2) is 4.79 Å². The molecule has 0 fully saturated rings. The molecule has 3 N–H and O–H groups in total. The summed E-state index contributed by atoms with van der Waals surface area (Å²) in [6.45, 7) is 2.96. The van der Waals surface area contributed by atoms with Gasteiger partial charge in [0.1, 0.15) is 11.5 Å². The number of aromatic hydroxyl groups is 2. The lowest BCUT2D eigenvalue weighted by molar-refractivity contribution is -0.131. The molecule has 0 heterocycles. The molecule has 1 aromatic carbocycles. The molecular weight excluding hydrogens is 172 g/mol. The van der Waals surface area contributed by atoms with Crippen LogP contribution in [0.15, 0.2) is 36.9 Å². The second kappa shape index (κ2) is 5.65. The highest BCUT2D eigenvalue weighted by atomic mass is 16.4. The van der Waals surface area contributed by atoms with Gasteiger partial charge in [0.15, 0.2) is 0 Å². The minimum atomic E-state index is -0.981. The lowest BCUT2D eigenvalue weighted by atomic mass is 10.3. The third-order valence-electron chi connectivity index (χ3n) is 1.02. The Labute approximate surface area is 75.4 Å². The number of benzene rings is 1. The van der Waals surface area contributed by atoms with E-state index in [4.69, 9.17) is 15.3 Å². The van der Waals surface area contributed by atoms with Crippen molar-refractivity contribution in [2.45, 2.75) is 0 Å². The fraction of sp³-hybridized carbons (Fsp3) is 0. The molecule has 4 heteroatoms. The van der Waals surface area contributed by atoms with E-state index in [9.17, 15) is 4.79 Å². The van der Waals surface area contributed by atoms with Crippen molar-refractivity contribution in [1.82, 2.24) is 0 Å². The molecular formula is C9H10O4. The first kappa shape index (κ1) is 11.0. The summed E-state index contributed by atoms with van der Waals surface area (Å²) in [5, 5.41) is 24.9. The van der Waals surface area contributed by atoms with E-state index in [1.807, 2.05) is 0 Å². The average Bonchev–Trinajstić information content (AvgIpc) is 2.11. The molecule has 0 aliphatic rings. The Morgan fingerprint density at radius 2 is 1.38 bits per heavy atom. The van der Waals surface area contributed by atoms with Crippen molar-refractivity contribution >= 4 is 5.97 Å². The van der Waals surface area contributed by atoms with E-state index in [-0.39, 0.29) is 11.5 Å². The van der Waals surface area contributed by atoms with Crippen LogP contribution in [-0.2, 0) is 4.79 Å². The predicted octanol–water partition coefficient (Wildman–Crippen LogP) is 1.35. The van der Waals surface area contributed by atoms with Crippen LogP contribution in [0, 0.1) is 0 Å². The number of hydrogen-bond donors (Lipinski definition) is 3. The van der Waals surface area contributed by atoms with Crippen molar-refractivity contribution in [3.63, 3.8) is 0 Å². The highest BCUT2D eigenvalue weighted by Crippen LogP contribution is 2.13. The second-order valence-corrected chi connectivity index (χ2v) is 2.06. The van der Waals surface area contributed by atoms with Crippen molar-refractivity contribution < 1.29 is 20.1 Å². The predicted molar refractivity (Wildman–Crippen MR) is 47.6 cm³/mol.